The molecule has 0 radical (unpaired) electrons. The molecular formula is C18H25NO5. The van der Waals surface area contributed by atoms with Crippen LogP contribution < -0.4 is 10.1 Å². The van der Waals surface area contributed by atoms with Crippen LogP contribution in [-0.2, 0) is 16.0 Å². The molecule has 1 aromatic rings. The van der Waals surface area contributed by atoms with Crippen LogP contribution in [-0.4, -0.2) is 36.4 Å². The van der Waals surface area contributed by atoms with E-state index in [9.17, 15) is 9.59 Å². The summed E-state index contributed by atoms with van der Waals surface area (Å²) >= 11 is 0. The van der Waals surface area contributed by atoms with E-state index in [1.165, 1.54) is 7.11 Å². The molecule has 6 heteroatoms. The fourth-order valence-electron chi connectivity index (χ4n) is 1.99. The van der Waals surface area contributed by atoms with Gasteiger partial charge in [0.05, 0.1) is 13.5 Å². The number of methoxy groups -OCH3 is 1. The van der Waals surface area contributed by atoms with E-state index in [1.54, 1.807) is 12.1 Å². The van der Waals surface area contributed by atoms with Gasteiger partial charge in [0.25, 0.3) is 0 Å². The summed E-state index contributed by atoms with van der Waals surface area (Å²) in [5.41, 5.74) is 0.993. The summed E-state index contributed by atoms with van der Waals surface area (Å²) in [5, 5.41) is 11.6. The zero-order valence-corrected chi connectivity index (χ0v) is 14.6. The van der Waals surface area contributed by atoms with Gasteiger partial charge in [-0.1, -0.05) is 18.2 Å². The number of carboxylic acid groups (broad SMARTS) is 1. The van der Waals surface area contributed by atoms with E-state index in [4.69, 9.17) is 14.6 Å². The van der Waals surface area contributed by atoms with Gasteiger partial charge in [-0.15, -0.1) is 0 Å². The third-order valence-electron chi connectivity index (χ3n) is 2.94. The zero-order valence-electron chi connectivity index (χ0n) is 14.6. The monoisotopic (exact) mass is 335 g/mol. The number of hydrogen-bond acceptors (Lipinski definition) is 4. The first-order chi connectivity index (χ1) is 11.2. The van der Waals surface area contributed by atoms with Gasteiger partial charge in [0.15, 0.2) is 0 Å². The number of alkyl carbamates (subject to hydrolysis) is 1. The van der Waals surface area contributed by atoms with Gasteiger partial charge < -0.3 is 19.9 Å². The highest BCUT2D eigenvalue weighted by Gasteiger charge is 2.15. The van der Waals surface area contributed by atoms with E-state index in [2.05, 4.69) is 5.32 Å². The standard InChI is InChI=1S/C18H25NO5/c1-18(2,3)24-17(22)19-10-6-5-7-13-8-9-15(23-4)14(11-13)12-16(20)21/h5,7-9,11H,6,10,12H2,1-4H3,(H,19,22)(H,20,21). The maximum atomic E-state index is 11.5. The van der Waals surface area contributed by atoms with Crippen molar-refractivity contribution in [1.29, 1.82) is 0 Å². The molecule has 1 rings (SSSR count). The van der Waals surface area contributed by atoms with Crippen LogP contribution in [0.15, 0.2) is 24.3 Å². The molecule has 0 heterocycles. The van der Waals surface area contributed by atoms with Gasteiger partial charge in [0.1, 0.15) is 11.4 Å². The van der Waals surface area contributed by atoms with Crippen molar-refractivity contribution < 1.29 is 24.2 Å². The van der Waals surface area contributed by atoms with Crippen molar-refractivity contribution in [3.05, 3.63) is 35.4 Å². The number of amides is 1. The highest BCUT2D eigenvalue weighted by molar-refractivity contribution is 5.72. The molecule has 6 nitrogen and oxygen atoms in total. The first-order valence-corrected chi connectivity index (χ1v) is 7.73. The molecule has 2 N–H and O–H groups in total. The molecule has 0 aliphatic heterocycles. The quantitative estimate of drug-likeness (QED) is 0.747. The lowest BCUT2D eigenvalue weighted by atomic mass is 10.1. The molecule has 0 bridgehead atoms. The van der Waals surface area contributed by atoms with Gasteiger partial charge in [-0.3, -0.25) is 4.79 Å². The highest BCUT2D eigenvalue weighted by atomic mass is 16.6. The molecule has 24 heavy (non-hydrogen) atoms. The summed E-state index contributed by atoms with van der Waals surface area (Å²) in [7, 11) is 1.51. The number of ether oxygens (including phenoxy) is 2. The Hall–Kier alpha value is -2.50. The van der Waals surface area contributed by atoms with Gasteiger partial charge in [0, 0.05) is 12.1 Å². The molecule has 132 valence electrons. The van der Waals surface area contributed by atoms with Gasteiger partial charge in [0.2, 0.25) is 0 Å². The molecular weight excluding hydrogens is 310 g/mol. The lowest BCUT2D eigenvalue weighted by molar-refractivity contribution is -0.136. The molecule has 0 aromatic heterocycles. The van der Waals surface area contributed by atoms with Crippen molar-refractivity contribution in [1.82, 2.24) is 5.32 Å². The molecule has 0 fully saturated rings. The van der Waals surface area contributed by atoms with Crippen LogP contribution in [0.3, 0.4) is 0 Å². The number of hydrogen-bond donors (Lipinski definition) is 2. The molecule has 0 atom stereocenters. The Morgan fingerprint density at radius 3 is 2.58 bits per heavy atom. The number of aliphatic carboxylic acids is 1. The Labute approximate surface area is 142 Å². The number of rotatable bonds is 7. The summed E-state index contributed by atoms with van der Waals surface area (Å²) < 4.78 is 10.3. The summed E-state index contributed by atoms with van der Waals surface area (Å²) in [6, 6.07) is 5.38. The minimum Gasteiger partial charge on any atom is -0.496 e. The van der Waals surface area contributed by atoms with Crippen LogP contribution in [0.25, 0.3) is 6.08 Å². The number of carbonyl (C=O) groups is 2. The molecule has 0 spiro atoms. The third kappa shape index (κ3) is 7.67. The minimum atomic E-state index is -0.906. The van der Waals surface area contributed by atoms with Crippen molar-refractivity contribution in [2.24, 2.45) is 0 Å². The SMILES string of the molecule is COc1ccc(C=CCCNC(=O)OC(C)(C)C)cc1CC(=O)O. The number of nitrogens with one attached hydrogen (secondary N) is 1. The second-order valence-corrected chi connectivity index (χ2v) is 6.26. The predicted octanol–water partition coefficient (Wildman–Crippen LogP) is 3.25. The Morgan fingerprint density at radius 2 is 2.00 bits per heavy atom. The van der Waals surface area contributed by atoms with Crippen molar-refractivity contribution in [3.8, 4) is 5.75 Å². The molecule has 0 aliphatic rings. The van der Waals surface area contributed by atoms with Crippen molar-refractivity contribution in [2.75, 3.05) is 13.7 Å². The third-order valence-corrected chi connectivity index (χ3v) is 2.94. The second-order valence-electron chi connectivity index (χ2n) is 6.26. The van der Waals surface area contributed by atoms with Crippen LogP contribution in [0, 0.1) is 0 Å². The van der Waals surface area contributed by atoms with Crippen molar-refractivity contribution >= 4 is 18.1 Å². The van der Waals surface area contributed by atoms with E-state index in [0.717, 1.165) is 5.56 Å². The topological polar surface area (TPSA) is 84.9 Å². The lowest BCUT2D eigenvalue weighted by Crippen LogP contribution is -2.32. The van der Waals surface area contributed by atoms with Gasteiger partial charge in [-0.25, -0.2) is 4.79 Å². The van der Waals surface area contributed by atoms with Gasteiger partial charge >= 0.3 is 12.1 Å². The maximum absolute atomic E-state index is 11.5. The average molecular weight is 335 g/mol. The number of carboxylic acids is 1. The number of benzene rings is 1. The molecule has 0 saturated carbocycles. The van der Waals surface area contributed by atoms with E-state index < -0.39 is 17.7 Å². The Bertz CT molecular complexity index is 602. The van der Waals surface area contributed by atoms with Gasteiger partial charge in [-0.2, -0.15) is 0 Å². The Kier molecular flexibility index (Phi) is 7.30. The summed E-state index contributed by atoms with van der Waals surface area (Å²) in [6.45, 7) is 5.89. The molecule has 0 aliphatic carbocycles. The summed E-state index contributed by atoms with van der Waals surface area (Å²) in [5.74, 6) is -0.350. The van der Waals surface area contributed by atoms with E-state index in [-0.39, 0.29) is 6.42 Å². The highest BCUT2D eigenvalue weighted by Crippen LogP contribution is 2.21. The second kappa shape index (κ2) is 8.96. The van der Waals surface area contributed by atoms with E-state index in [0.29, 0.717) is 24.3 Å². The zero-order chi connectivity index (χ0) is 18.2. The van der Waals surface area contributed by atoms with Crippen LogP contribution in [0.5, 0.6) is 5.75 Å². The van der Waals surface area contributed by atoms with E-state index in [1.807, 2.05) is 39.0 Å². The van der Waals surface area contributed by atoms with E-state index >= 15 is 0 Å². The summed E-state index contributed by atoms with van der Waals surface area (Å²) in [4.78, 5) is 22.4. The van der Waals surface area contributed by atoms with Crippen molar-refractivity contribution in [2.45, 2.75) is 39.2 Å². The van der Waals surface area contributed by atoms with Gasteiger partial charge in [-0.05, 0) is 44.9 Å². The minimum absolute atomic E-state index is 0.0922. The van der Waals surface area contributed by atoms with Crippen molar-refractivity contribution in [3.63, 3.8) is 0 Å². The normalized spacial score (nSPS) is 11.3. The smallest absolute Gasteiger partial charge is 0.407 e. The average Bonchev–Trinajstić information content (AvgIpc) is 2.44. The van der Waals surface area contributed by atoms with Crippen LogP contribution in [0.2, 0.25) is 0 Å². The molecule has 0 saturated heterocycles. The number of carbonyl (C=O) groups excluding carboxylic acids is 1. The molecule has 0 unspecified atom stereocenters. The summed E-state index contributed by atoms with van der Waals surface area (Å²) in [6.07, 6.45) is 3.89. The first kappa shape index (κ1) is 19.5. The largest absolute Gasteiger partial charge is 0.496 e. The maximum Gasteiger partial charge on any atom is 0.407 e. The van der Waals surface area contributed by atoms with Crippen LogP contribution in [0.4, 0.5) is 4.79 Å². The molecule has 1 aromatic carbocycles. The fourth-order valence-corrected chi connectivity index (χ4v) is 1.99. The lowest BCUT2D eigenvalue weighted by Gasteiger charge is -2.19. The van der Waals surface area contributed by atoms with Crippen LogP contribution in [0.1, 0.15) is 38.3 Å². The molecule has 1 amide bonds. The first-order valence-electron chi connectivity index (χ1n) is 7.73. The predicted molar refractivity (Wildman–Crippen MR) is 92.2 cm³/mol. The Balaban J connectivity index is 2.52. The van der Waals surface area contributed by atoms with Crippen LogP contribution >= 0.6 is 0 Å². The fraction of sp³-hybridized carbons (Fsp3) is 0.444. The Morgan fingerprint density at radius 1 is 1.29 bits per heavy atom.